The minimum absolute atomic E-state index is 0.0405. The normalized spacial score (nSPS) is 9.62. The van der Waals surface area contributed by atoms with Crippen molar-refractivity contribution in [1.82, 2.24) is 9.97 Å². The first-order valence-electron chi connectivity index (χ1n) is 3.14. The average Bonchev–Trinajstić information content (AvgIpc) is 2.09. The Morgan fingerprint density at radius 3 is 2.77 bits per heavy atom. The van der Waals surface area contributed by atoms with Gasteiger partial charge in [0.2, 0.25) is 5.88 Å². The van der Waals surface area contributed by atoms with Crippen molar-refractivity contribution in [2.45, 2.75) is 6.61 Å². The first-order chi connectivity index (χ1) is 6.15. The van der Waals surface area contributed by atoms with E-state index < -0.39 is 11.9 Å². The largest absolute Gasteiger partial charge is 0.492 e. The Morgan fingerprint density at radius 2 is 2.15 bits per heavy atom. The molecule has 1 rings (SSSR count). The quantitative estimate of drug-likeness (QED) is 0.684. The molecule has 0 aliphatic heterocycles. The zero-order chi connectivity index (χ0) is 9.84. The second-order valence-electron chi connectivity index (χ2n) is 2.02. The smallest absolute Gasteiger partial charge is 0.317 e. The summed E-state index contributed by atoms with van der Waals surface area (Å²) in [6, 6.07) is -0.633. The van der Waals surface area contributed by atoms with Gasteiger partial charge in [0.25, 0.3) is 6.47 Å². The maximum Gasteiger partial charge on any atom is 0.317 e. The number of carbonyl (C=O) groups is 1. The van der Waals surface area contributed by atoms with Gasteiger partial charge in [-0.2, -0.15) is 9.97 Å². The fourth-order valence-corrected chi connectivity index (χ4v) is 0.815. The van der Waals surface area contributed by atoms with Gasteiger partial charge in [-0.25, -0.2) is 0 Å². The lowest BCUT2D eigenvalue weighted by Gasteiger charge is -2.02. The van der Waals surface area contributed by atoms with Crippen LogP contribution in [0.4, 0.5) is 0 Å². The summed E-state index contributed by atoms with van der Waals surface area (Å²) in [6.45, 7) is -0.0293. The van der Waals surface area contributed by atoms with Crippen molar-refractivity contribution >= 4 is 18.1 Å². The van der Waals surface area contributed by atoms with Crippen LogP contribution in [0.2, 0.25) is 5.02 Å². The number of hydrogen-bond acceptors (Lipinski definition) is 6. The fourth-order valence-electron chi connectivity index (χ4n) is 0.676. The highest BCUT2D eigenvalue weighted by atomic mass is 35.5. The fraction of sp³-hybridized carbons (Fsp3) is 0.167. The van der Waals surface area contributed by atoms with Crippen LogP contribution in [0.1, 0.15) is 5.69 Å². The monoisotopic (exact) mass is 204 g/mol. The van der Waals surface area contributed by atoms with E-state index in [1.54, 1.807) is 0 Å². The number of rotatable bonds is 3. The van der Waals surface area contributed by atoms with E-state index in [0.717, 1.165) is 0 Å². The lowest BCUT2D eigenvalue weighted by atomic mass is 10.4. The van der Waals surface area contributed by atoms with E-state index in [4.69, 9.17) is 21.8 Å². The van der Waals surface area contributed by atoms with Crippen molar-refractivity contribution in [1.29, 1.82) is 0 Å². The van der Waals surface area contributed by atoms with E-state index in [1.807, 2.05) is 0 Å². The van der Waals surface area contributed by atoms with E-state index in [1.165, 1.54) is 0 Å². The van der Waals surface area contributed by atoms with E-state index in [9.17, 15) is 4.79 Å². The third-order valence-electron chi connectivity index (χ3n) is 1.18. The number of hydrogen-bond donors (Lipinski definition) is 2. The molecule has 2 N–H and O–H groups in total. The Balaban J connectivity index is 2.98. The topological polar surface area (TPSA) is 92.5 Å². The van der Waals surface area contributed by atoms with Crippen LogP contribution in [-0.4, -0.2) is 26.7 Å². The Bertz CT molecular complexity index is 331. The van der Waals surface area contributed by atoms with E-state index in [2.05, 4.69) is 14.7 Å². The summed E-state index contributed by atoms with van der Waals surface area (Å²) in [4.78, 5) is 16.4. The molecule has 1 heterocycles. The first kappa shape index (κ1) is 9.53. The number of aromatic hydroxyl groups is 2. The molecule has 0 saturated carbocycles. The zero-order valence-corrected chi connectivity index (χ0v) is 7.02. The van der Waals surface area contributed by atoms with Crippen molar-refractivity contribution in [3.05, 3.63) is 10.7 Å². The number of halogens is 1. The van der Waals surface area contributed by atoms with Crippen molar-refractivity contribution in [3.8, 4) is 11.9 Å². The molecule has 0 bridgehead atoms. The van der Waals surface area contributed by atoms with E-state index in [-0.39, 0.29) is 23.8 Å². The second kappa shape index (κ2) is 3.90. The number of carbonyl (C=O) groups excluding carboxylic acids is 1. The predicted octanol–water partition coefficient (Wildman–Crippen LogP) is 0.214. The molecule has 6 nitrogen and oxygen atoms in total. The molecule has 7 heteroatoms. The van der Waals surface area contributed by atoms with Gasteiger partial charge in [0.05, 0.1) is 0 Å². The van der Waals surface area contributed by atoms with E-state index >= 15 is 0 Å². The van der Waals surface area contributed by atoms with Crippen molar-refractivity contribution in [2.75, 3.05) is 0 Å². The van der Waals surface area contributed by atoms with Crippen LogP contribution in [-0.2, 0) is 16.1 Å². The van der Waals surface area contributed by atoms with Crippen LogP contribution < -0.4 is 0 Å². The highest BCUT2D eigenvalue weighted by Crippen LogP contribution is 2.25. The molecule has 13 heavy (non-hydrogen) atoms. The summed E-state index contributed by atoms with van der Waals surface area (Å²) in [5.74, 6) is -0.557. The summed E-state index contributed by atoms with van der Waals surface area (Å²) in [6.07, 6.45) is 0. The van der Waals surface area contributed by atoms with E-state index in [0.29, 0.717) is 0 Å². The van der Waals surface area contributed by atoms with Crippen molar-refractivity contribution in [3.63, 3.8) is 0 Å². The molecule has 0 amide bonds. The summed E-state index contributed by atoms with van der Waals surface area (Å²) in [7, 11) is 0. The molecule has 0 atom stereocenters. The Hall–Kier alpha value is -1.56. The number of aromatic nitrogens is 2. The minimum Gasteiger partial charge on any atom is -0.492 e. The summed E-state index contributed by atoms with van der Waals surface area (Å²) in [5.41, 5.74) is 0.0405. The van der Waals surface area contributed by atoms with Gasteiger partial charge in [-0.05, 0) is 0 Å². The van der Waals surface area contributed by atoms with Crippen molar-refractivity contribution in [2.24, 2.45) is 0 Å². The highest BCUT2D eigenvalue weighted by Gasteiger charge is 2.11. The van der Waals surface area contributed by atoms with Crippen molar-refractivity contribution < 1.29 is 19.7 Å². The van der Waals surface area contributed by atoms with Crippen LogP contribution in [0.15, 0.2) is 0 Å². The summed E-state index contributed by atoms with van der Waals surface area (Å²) >= 11 is 5.52. The van der Waals surface area contributed by atoms with Crippen LogP contribution in [0, 0.1) is 0 Å². The Morgan fingerprint density at radius 1 is 1.46 bits per heavy atom. The third kappa shape index (κ3) is 2.19. The minimum atomic E-state index is -0.633. The molecule has 0 fully saturated rings. The summed E-state index contributed by atoms with van der Waals surface area (Å²) in [5, 5.41) is 17.7. The van der Waals surface area contributed by atoms with Gasteiger partial charge in [0.1, 0.15) is 17.3 Å². The lowest BCUT2D eigenvalue weighted by Crippen LogP contribution is -1.97. The maximum absolute atomic E-state index is 9.83. The van der Waals surface area contributed by atoms with Crippen LogP contribution in [0.5, 0.6) is 11.9 Å². The van der Waals surface area contributed by atoms with Crippen LogP contribution in [0.3, 0.4) is 0 Å². The maximum atomic E-state index is 9.83. The van der Waals surface area contributed by atoms with Gasteiger partial charge < -0.3 is 14.9 Å². The molecule has 0 spiro atoms. The van der Waals surface area contributed by atoms with Crippen LogP contribution >= 0.6 is 11.6 Å². The average molecular weight is 205 g/mol. The third-order valence-corrected chi connectivity index (χ3v) is 1.57. The Kier molecular flexibility index (Phi) is 2.86. The first-order valence-corrected chi connectivity index (χ1v) is 3.52. The predicted molar refractivity (Wildman–Crippen MR) is 41.2 cm³/mol. The van der Waals surface area contributed by atoms with Gasteiger partial charge in [0, 0.05) is 0 Å². The molecule has 0 radical (unpaired) electrons. The van der Waals surface area contributed by atoms with Gasteiger partial charge in [-0.15, -0.1) is 0 Å². The zero-order valence-electron chi connectivity index (χ0n) is 6.27. The standard InChI is InChI=1S/C6H5ClN2O4/c7-4-3(1-13-2-10)8-6(12)9-5(4)11/h2H,1H2,(H2,8,9,11,12). The van der Waals surface area contributed by atoms with Gasteiger partial charge in [0.15, 0.2) is 0 Å². The number of nitrogens with zero attached hydrogens (tertiary/aromatic N) is 2. The molecule has 0 aliphatic carbocycles. The Labute approximate surface area is 77.8 Å². The molecular formula is C6H5ClN2O4. The molecule has 1 aromatic rings. The molecule has 0 aromatic carbocycles. The summed E-state index contributed by atoms with van der Waals surface area (Å²) < 4.78 is 4.33. The molecule has 0 saturated heterocycles. The lowest BCUT2D eigenvalue weighted by molar-refractivity contribution is -0.129. The molecule has 0 unspecified atom stereocenters. The highest BCUT2D eigenvalue weighted by molar-refractivity contribution is 6.32. The van der Waals surface area contributed by atoms with Gasteiger partial charge in [-0.1, -0.05) is 11.6 Å². The SMILES string of the molecule is O=COCc1nc(O)nc(O)c1Cl. The second-order valence-corrected chi connectivity index (χ2v) is 2.39. The molecule has 70 valence electrons. The molecule has 0 aliphatic rings. The molecule has 1 aromatic heterocycles. The van der Waals surface area contributed by atoms with Gasteiger partial charge in [-0.3, -0.25) is 4.79 Å². The molecular weight excluding hydrogens is 200 g/mol. The van der Waals surface area contributed by atoms with Gasteiger partial charge >= 0.3 is 6.01 Å². The van der Waals surface area contributed by atoms with Crippen LogP contribution in [0.25, 0.3) is 0 Å². The number of ether oxygens (including phenoxy) is 1.